The van der Waals surface area contributed by atoms with Crippen molar-refractivity contribution in [2.45, 2.75) is 12.5 Å². The van der Waals surface area contributed by atoms with Crippen LogP contribution >= 0.6 is 15.9 Å². The summed E-state index contributed by atoms with van der Waals surface area (Å²) in [4.78, 5) is 26.6. The van der Waals surface area contributed by atoms with Crippen molar-refractivity contribution in [1.82, 2.24) is 4.98 Å². The summed E-state index contributed by atoms with van der Waals surface area (Å²) >= 11 is 3.33. The van der Waals surface area contributed by atoms with Crippen molar-refractivity contribution in [1.29, 1.82) is 0 Å². The van der Waals surface area contributed by atoms with Gasteiger partial charge in [0.05, 0.1) is 5.56 Å². The van der Waals surface area contributed by atoms with Gasteiger partial charge in [-0.3, -0.25) is 14.9 Å². The van der Waals surface area contributed by atoms with Crippen molar-refractivity contribution in [2.75, 3.05) is 5.32 Å². The van der Waals surface area contributed by atoms with Gasteiger partial charge in [0.2, 0.25) is 17.8 Å². The Bertz CT molecular complexity index is 1050. The van der Waals surface area contributed by atoms with Gasteiger partial charge in [-0.05, 0) is 52.3 Å². The van der Waals surface area contributed by atoms with Gasteiger partial charge in [-0.15, -0.1) is 0 Å². The van der Waals surface area contributed by atoms with Gasteiger partial charge in [-0.1, -0.05) is 0 Å². The number of oxazole rings is 1. The quantitative estimate of drug-likeness (QED) is 0.508. The maximum Gasteiger partial charge on any atom is 0.234 e. The number of benzene rings is 2. The van der Waals surface area contributed by atoms with Gasteiger partial charge in [0.25, 0.3) is 0 Å². The zero-order valence-electron chi connectivity index (χ0n) is 13.1. The fourth-order valence-corrected chi connectivity index (χ4v) is 3.13. The first-order chi connectivity index (χ1) is 12.4. The molecule has 0 saturated heterocycles. The molecule has 0 radical (unpaired) electrons. The fourth-order valence-electron chi connectivity index (χ4n) is 2.71. The SMILES string of the molecule is O=C(Nc1ccc2oc(-c3cc(F)ccc3Br)nc2c1)[C@H]1C[C@@H]1[N+](=O)[O-]. The van der Waals surface area contributed by atoms with Gasteiger partial charge in [0.1, 0.15) is 17.3 Å². The summed E-state index contributed by atoms with van der Waals surface area (Å²) in [5.41, 5.74) is 1.90. The van der Waals surface area contributed by atoms with Crippen molar-refractivity contribution < 1.29 is 18.5 Å². The molecule has 0 aliphatic heterocycles. The van der Waals surface area contributed by atoms with Gasteiger partial charge in [0, 0.05) is 21.5 Å². The third-order valence-electron chi connectivity index (χ3n) is 4.18. The van der Waals surface area contributed by atoms with Gasteiger partial charge < -0.3 is 9.73 Å². The van der Waals surface area contributed by atoms with Gasteiger partial charge in [0.15, 0.2) is 5.58 Å². The molecule has 2 atom stereocenters. The molecule has 1 heterocycles. The van der Waals surface area contributed by atoms with E-state index in [4.69, 9.17) is 4.42 Å². The molecule has 1 saturated carbocycles. The summed E-state index contributed by atoms with van der Waals surface area (Å²) in [5, 5.41) is 13.3. The molecule has 0 spiro atoms. The normalized spacial score (nSPS) is 18.7. The third-order valence-corrected chi connectivity index (χ3v) is 4.87. The lowest BCUT2D eigenvalue weighted by Crippen LogP contribution is -2.18. The van der Waals surface area contributed by atoms with Crippen LogP contribution in [0.25, 0.3) is 22.6 Å². The number of carbonyl (C=O) groups excluding carboxylic acids is 1. The van der Waals surface area contributed by atoms with Crippen LogP contribution in [0.3, 0.4) is 0 Å². The molecule has 1 N–H and O–H groups in total. The molecule has 4 rings (SSSR count). The summed E-state index contributed by atoms with van der Waals surface area (Å²) < 4.78 is 19.8. The lowest BCUT2D eigenvalue weighted by atomic mass is 10.2. The summed E-state index contributed by atoms with van der Waals surface area (Å²) in [6.07, 6.45) is 0.253. The van der Waals surface area contributed by atoms with Gasteiger partial charge >= 0.3 is 0 Å². The molecule has 1 aromatic heterocycles. The van der Waals surface area contributed by atoms with Crippen molar-refractivity contribution in [2.24, 2.45) is 5.92 Å². The standard InChI is InChI=1S/C17H11BrFN3O4/c18-12-3-1-8(19)5-10(12)17-21-13-6-9(2-4-15(13)26-17)20-16(23)11-7-14(11)22(24)25/h1-6,11,14H,7H2,(H,20,23)/t11-,14-/m0/s1. The van der Waals surface area contributed by atoms with E-state index >= 15 is 0 Å². The first-order valence-corrected chi connectivity index (χ1v) is 8.52. The van der Waals surface area contributed by atoms with Crippen LogP contribution in [0, 0.1) is 21.8 Å². The first-order valence-electron chi connectivity index (χ1n) is 7.73. The Morgan fingerprint density at radius 3 is 2.88 bits per heavy atom. The van der Waals surface area contributed by atoms with E-state index in [2.05, 4.69) is 26.2 Å². The summed E-state index contributed by atoms with van der Waals surface area (Å²) in [6.45, 7) is 0. The molecule has 1 amide bonds. The molecule has 0 bridgehead atoms. The highest BCUT2D eigenvalue weighted by Crippen LogP contribution is 2.35. The van der Waals surface area contributed by atoms with Crippen LogP contribution in [0.1, 0.15) is 6.42 Å². The van der Waals surface area contributed by atoms with Crippen LogP contribution in [0.2, 0.25) is 0 Å². The highest BCUT2D eigenvalue weighted by molar-refractivity contribution is 9.10. The zero-order valence-corrected chi connectivity index (χ0v) is 14.7. The minimum atomic E-state index is -0.803. The molecule has 1 aliphatic rings. The molecule has 2 aromatic carbocycles. The maximum atomic E-state index is 13.5. The predicted octanol–water partition coefficient (Wildman–Crippen LogP) is 4.00. The van der Waals surface area contributed by atoms with Gasteiger partial charge in [-0.2, -0.15) is 0 Å². The number of carbonyl (C=O) groups is 1. The summed E-state index contributed by atoms with van der Waals surface area (Å²) in [7, 11) is 0. The smallest absolute Gasteiger partial charge is 0.234 e. The number of rotatable bonds is 4. The van der Waals surface area contributed by atoms with E-state index in [1.54, 1.807) is 24.3 Å². The largest absolute Gasteiger partial charge is 0.436 e. The number of hydrogen-bond donors (Lipinski definition) is 1. The minimum absolute atomic E-state index is 0.241. The number of fused-ring (bicyclic) bond motifs is 1. The number of hydrogen-bond acceptors (Lipinski definition) is 5. The molecule has 26 heavy (non-hydrogen) atoms. The topological polar surface area (TPSA) is 98.3 Å². The second-order valence-electron chi connectivity index (χ2n) is 6.01. The number of nitro groups is 1. The average molecular weight is 420 g/mol. The number of nitrogens with one attached hydrogen (secondary N) is 1. The number of nitrogens with zero attached hydrogens (tertiary/aromatic N) is 2. The molecular formula is C17H11BrFN3O4. The average Bonchev–Trinajstić information content (AvgIpc) is 3.30. The van der Waals surface area contributed by atoms with E-state index in [0.29, 0.717) is 26.8 Å². The van der Waals surface area contributed by atoms with Crippen LogP contribution in [0.4, 0.5) is 10.1 Å². The fraction of sp³-hybridized carbons (Fsp3) is 0.176. The summed E-state index contributed by atoms with van der Waals surface area (Å²) in [5.74, 6) is -1.16. The Kier molecular flexibility index (Phi) is 3.95. The lowest BCUT2D eigenvalue weighted by molar-refractivity contribution is -0.497. The Labute approximate surface area is 154 Å². The number of amides is 1. The first kappa shape index (κ1) is 16.6. The Morgan fingerprint density at radius 1 is 1.35 bits per heavy atom. The Balaban J connectivity index is 1.59. The van der Waals surface area contributed by atoms with Crippen LogP contribution in [0.5, 0.6) is 0 Å². The monoisotopic (exact) mass is 419 g/mol. The van der Waals surface area contributed by atoms with E-state index in [1.165, 1.54) is 12.1 Å². The van der Waals surface area contributed by atoms with Crippen LogP contribution in [0.15, 0.2) is 45.3 Å². The zero-order chi connectivity index (χ0) is 18.4. The van der Waals surface area contributed by atoms with Crippen LogP contribution in [-0.2, 0) is 4.79 Å². The van der Waals surface area contributed by atoms with E-state index in [-0.39, 0.29) is 18.2 Å². The predicted molar refractivity (Wildman–Crippen MR) is 94.6 cm³/mol. The van der Waals surface area contributed by atoms with E-state index < -0.39 is 22.7 Å². The molecule has 7 nitrogen and oxygen atoms in total. The molecule has 1 fully saturated rings. The van der Waals surface area contributed by atoms with E-state index in [1.807, 2.05) is 0 Å². The molecule has 1 aliphatic carbocycles. The van der Waals surface area contributed by atoms with Crippen LogP contribution < -0.4 is 5.32 Å². The van der Waals surface area contributed by atoms with Crippen molar-refractivity contribution >= 4 is 38.6 Å². The minimum Gasteiger partial charge on any atom is -0.436 e. The van der Waals surface area contributed by atoms with Crippen LogP contribution in [-0.4, -0.2) is 21.9 Å². The molecular weight excluding hydrogens is 409 g/mol. The summed E-state index contributed by atoms with van der Waals surface area (Å²) in [6, 6.07) is 8.25. The second kappa shape index (κ2) is 6.17. The highest BCUT2D eigenvalue weighted by atomic mass is 79.9. The highest BCUT2D eigenvalue weighted by Gasteiger charge is 2.53. The van der Waals surface area contributed by atoms with Crippen molar-refractivity contribution in [3.8, 4) is 11.5 Å². The molecule has 132 valence electrons. The Morgan fingerprint density at radius 2 is 2.15 bits per heavy atom. The van der Waals surface area contributed by atoms with Crippen molar-refractivity contribution in [3.63, 3.8) is 0 Å². The van der Waals surface area contributed by atoms with Gasteiger partial charge in [-0.25, -0.2) is 9.37 Å². The number of aromatic nitrogens is 1. The van der Waals surface area contributed by atoms with E-state index in [9.17, 15) is 19.3 Å². The third kappa shape index (κ3) is 3.05. The molecule has 3 aromatic rings. The number of halogens is 2. The van der Waals surface area contributed by atoms with Crippen molar-refractivity contribution in [3.05, 3.63) is 56.8 Å². The molecule has 0 unspecified atom stereocenters. The molecule has 9 heteroatoms. The second-order valence-corrected chi connectivity index (χ2v) is 6.86. The lowest BCUT2D eigenvalue weighted by Gasteiger charge is -2.02. The number of anilines is 1. The Hall–Kier alpha value is -2.81. The maximum absolute atomic E-state index is 13.5. The van der Waals surface area contributed by atoms with E-state index in [0.717, 1.165) is 0 Å².